The second-order valence-electron chi connectivity index (χ2n) is 5.59. The normalized spacial score (nSPS) is 12.9. The minimum atomic E-state index is -4.22. The smallest absolute Gasteiger partial charge is 0.312 e. The minimum absolute atomic E-state index is 0.138. The predicted molar refractivity (Wildman–Crippen MR) is 81.0 cm³/mol. The van der Waals surface area contributed by atoms with Crippen molar-refractivity contribution in [2.75, 3.05) is 6.54 Å². The summed E-state index contributed by atoms with van der Waals surface area (Å²) >= 11 is 3.45. The number of benzene rings is 1. The lowest BCUT2D eigenvalue weighted by atomic mass is 9.92. The third-order valence-electron chi connectivity index (χ3n) is 3.45. The quantitative estimate of drug-likeness (QED) is 0.856. The molecule has 0 spiro atoms. The Morgan fingerprint density at radius 3 is 2.57 bits per heavy atom. The van der Waals surface area contributed by atoms with Gasteiger partial charge < -0.3 is 5.32 Å². The summed E-state index contributed by atoms with van der Waals surface area (Å²) in [6.07, 6.45) is -2.54. The van der Waals surface area contributed by atoms with E-state index in [1.54, 1.807) is 6.20 Å². The summed E-state index contributed by atoms with van der Waals surface area (Å²) in [5, 5.41) is 3.84. The van der Waals surface area contributed by atoms with Gasteiger partial charge in [-0.1, -0.05) is 28.1 Å². The van der Waals surface area contributed by atoms with E-state index < -0.39 is 11.6 Å². The zero-order valence-corrected chi connectivity index (χ0v) is 13.3. The van der Waals surface area contributed by atoms with Gasteiger partial charge in [-0.15, -0.1) is 0 Å². The van der Waals surface area contributed by atoms with Crippen LogP contribution < -0.4 is 5.32 Å². The monoisotopic (exact) mass is 360 g/mol. The standard InChI is InChI=1S/C15H16BrF3N2/c1-14(2,15(17,18)19)9-20-8-10-5-6-12(16)11-4-3-7-21-13(10)11/h3-7,20H,8-9H2,1-2H3. The van der Waals surface area contributed by atoms with Gasteiger partial charge in [-0.3, -0.25) is 4.98 Å². The molecule has 0 aliphatic carbocycles. The van der Waals surface area contributed by atoms with Crippen LogP contribution in [0.3, 0.4) is 0 Å². The molecule has 0 aliphatic rings. The van der Waals surface area contributed by atoms with Gasteiger partial charge in [-0.25, -0.2) is 0 Å². The number of alkyl halides is 3. The van der Waals surface area contributed by atoms with Crippen LogP contribution in [0.5, 0.6) is 0 Å². The Bertz CT molecular complexity index is 638. The highest BCUT2D eigenvalue weighted by Gasteiger charge is 2.46. The third kappa shape index (κ3) is 3.55. The van der Waals surface area contributed by atoms with Crippen LogP contribution in [0.25, 0.3) is 10.9 Å². The van der Waals surface area contributed by atoms with Gasteiger partial charge in [0.2, 0.25) is 0 Å². The van der Waals surface area contributed by atoms with Crippen molar-refractivity contribution >= 4 is 26.8 Å². The number of fused-ring (bicyclic) bond motifs is 1. The SMILES string of the molecule is CC(C)(CNCc1ccc(Br)c2cccnc12)C(F)(F)F. The van der Waals surface area contributed by atoms with E-state index >= 15 is 0 Å². The Morgan fingerprint density at radius 1 is 1.19 bits per heavy atom. The summed E-state index contributed by atoms with van der Waals surface area (Å²) < 4.78 is 39.3. The van der Waals surface area contributed by atoms with Crippen molar-refractivity contribution in [2.24, 2.45) is 5.41 Å². The first-order valence-corrected chi connectivity index (χ1v) is 7.31. The van der Waals surface area contributed by atoms with Gasteiger partial charge in [0, 0.05) is 29.1 Å². The Labute approximate surface area is 129 Å². The number of pyridine rings is 1. The number of hydrogen-bond acceptors (Lipinski definition) is 2. The van der Waals surface area contributed by atoms with Gasteiger partial charge in [-0.05, 0) is 31.5 Å². The largest absolute Gasteiger partial charge is 0.395 e. The summed E-state index contributed by atoms with van der Waals surface area (Å²) in [6, 6.07) is 7.51. The summed E-state index contributed by atoms with van der Waals surface area (Å²) in [5.41, 5.74) is -0.0815. The zero-order valence-electron chi connectivity index (χ0n) is 11.8. The van der Waals surface area contributed by atoms with E-state index in [-0.39, 0.29) is 6.54 Å². The maximum absolute atomic E-state index is 12.8. The van der Waals surface area contributed by atoms with Gasteiger partial charge in [0.05, 0.1) is 10.9 Å². The van der Waals surface area contributed by atoms with Crippen molar-refractivity contribution in [1.82, 2.24) is 10.3 Å². The van der Waals surface area contributed by atoms with Gasteiger partial charge in [0.1, 0.15) is 0 Å². The molecule has 6 heteroatoms. The highest BCUT2D eigenvalue weighted by atomic mass is 79.9. The molecule has 0 fully saturated rings. The van der Waals surface area contributed by atoms with Crippen LogP contribution in [0.2, 0.25) is 0 Å². The molecule has 1 heterocycles. The van der Waals surface area contributed by atoms with Crippen LogP contribution >= 0.6 is 15.9 Å². The molecule has 0 unspecified atom stereocenters. The van der Waals surface area contributed by atoms with E-state index in [1.807, 2.05) is 24.3 Å². The second-order valence-corrected chi connectivity index (χ2v) is 6.45. The van der Waals surface area contributed by atoms with E-state index in [0.29, 0.717) is 6.54 Å². The van der Waals surface area contributed by atoms with Crippen molar-refractivity contribution in [3.63, 3.8) is 0 Å². The van der Waals surface area contributed by atoms with Crippen molar-refractivity contribution in [1.29, 1.82) is 0 Å². The zero-order chi connectivity index (χ0) is 15.7. The first kappa shape index (κ1) is 16.2. The average Bonchev–Trinajstić information content (AvgIpc) is 2.40. The van der Waals surface area contributed by atoms with Gasteiger partial charge in [0.25, 0.3) is 0 Å². The van der Waals surface area contributed by atoms with Crippen molar-refractivity contribution in [2.45, 2.75) is 26.6 Å². The van der Waals surface area contributed by atoms with Gasteiger partial charge >= 0.3 is 6.18 Å². The van der Waals surface area contributed by atoms with Crippen LogP contribution in [0, 0.1) is 5.41 Å². The molecular weight excluding hydrogens is 345 g/mol. The molecule has 21 heavy (non-hydrogen) atoms. The second kappa shape index (κ2) is 5.93. The highest BCUT2D eigenvalue weighted by Crippen LogP contribution is 2.36. The Balaban J connectivity index is 2.14. The van der Waals surface area contributed by atoms with E-state index in [4.69, 9.17) is 0 Å². The van der Waals surface area contributed by atoms with E-state index in [0.717, 1.165) is 20.9 Å². The fourth-order valence-electron chi connectivity index (χ4n) is 1.95. The maximum atomic E-state index is 12.8. The summed E-state index contributed by atoms with van der Waals surface area (Å²) in [5.74, 6) is 0. The fourth-order valence-corrected chi connectivity index (χ4v) is 2.40. The Kier molecular flexibility index (Phi) is 4.58. The van der Waals surface area contributed by atoms with Gasteiger partial charge in [0.15, 0.2) is 0 Å². The topological polar surface area (TPSA) is 24.9 Å². The van der Waals surface area contributed by atoms with Gasteiger partial charge in [-0.2, -0.15) is 13.2 Å². The number of hydrogen-bond donors (Lipinski definition) is 1. The van der Waals surface area contributed by atoms with E-state index in [1.165, 1.54) is 13.8 Å². The van der Waals surface area contributed by atoms with Crippen LogP contribution in [0.15, 0.2) is 34.9 Å². The lowest BCUT2D eigenvalue weighted by Crippen LogP contribution is -2.41. The molecule has 2 aromatic rings. The number of aromatic nitrogens is 1. The molecule has 114 valence electrons. The molecule has 0 amide bonds. The molecule has 0 saturated heterocycles. The molecular formula is C15H16BrF3N2. The molecule has 1 N–H and O–H groups in total. The lowest BCUT2D eigenvalue weighted by Gasteiger charge is -2.28. The van der Waals surface area contributed by atoms with Crippen LogP contribution in [-0.2, 0) is 6.54 Å². The molecule has 1 aromatic heterocycles. The highest BCUT2D eigenvalue weighted by molar-refractivity contribution is 9.10. The van der Waals surface area contributed by atoms with E-state index in [9.17, 15) is 13.2 Å². The van der Waals surface area contributed by atoms with Crippen LogP contribution in [0.4, 0.5) is 13.2 Å². The summed E-state index contributed by atoms with van der Waals surface area (Å²) in [4.78, 5) is 4.31. The minimum Gasteiger partial charge on any atom is -0.312 e. The third-order valence-corrected chi connectivity index (χ3v) is 4.14. The summed E-state index contributed by atoms with van der Waals surface area (Å²) in [7, 11) is 0. The fraction of sp³-hybridized carbons (Fsp3) is 0.400. The molecule has 1 aromatic carbocycles. The van der Waals surface area contributed by atoms with Crippen LogP contribution in [-0.4, -0.2) is 17.7 Å². The maximum Gasteiger partial charge on any atom is 0.395 e. The molecule has 0 atom stereocenters. The molecule has 2 rings (SSSR count). The number of halogens is 4. The Morgan fingerprint density at radius 2 is 1.90 bits per heavy atom. The van der Waals surface area contributed by atoms with Crippen molar-refractivity contribution in [3.8, 4) is 0 Å². The number of nitrogens with one attached hydrogen (secondary N) is 1. The molecule has 0 aliphatic heterocycles. The predicted octanol–water partition coefficient (Wildman–Crippen LogP) is 4.68. The van der Waals surface area contributed by atoms with Crippen molar-refractivity contribution < 1.29 is 13.2 Å². The molecule has 2 nitrogen and oxygen atoms in total. The average molecular weight is 361 g/mol. The molecule has 0 radical (unpaired) electrons. The summed E-state index contributed by atoms with van der Waals surface area (Å²) in [6.45, 7) is 2.59. The molecule has 0 bridgehead atoms. The first-order valence-electron chi connectivity index (χ1n) is 6.52. The number of nitrogens with zero attached hydrogens (tertiary/aromatic N) is 1. The van der Waals surface area contributed by atoms with Crippen molar-refractivity contribution in [3.05, 3.63) is 40.5 Å². The first-order chi connectivity index (χ1) is 9.72. The van der Waals surface area contributed by atoms with E-state index in [2.05, 4.69) is 26.2 Å². The van der Waals surface area contributed by atoms with Crippen LogP contribution in [0.1, 0.15) is 19.4 Å². The number of rotatable bonds is 4. The molecule has 0 saturated carbocycles. The Hall–Kier alpha value is -1.14. The lowest BCUT2D eigenvalue weighted by molar-refractivity contribution is -0.209.